The molecule has 0 saturated carbocycles. The summed E-state index contributed by atoms with van der Waals surface area (Å²) in [7, 11) is 1.44. The SMILES string of the molecule is COc1cc(/C=C2\SC(=O)N(CC(=O)N3CCCC3)C2=O)cc(I)c1O. The van der Waals surface area contributed by atoms with Gasteiger partial charge in [0.1, 0.15) is 6.54 Å². The molecule has 1 N–H and O–H groups in total. The highest BCUT2D eigenvalue weighted by Crippen LogP contribution is 2.36. The van der Waals surface area contributed by atoms with Gasteiger partial charge in [0.15, 0.2) is 11.5 Å². The number of ether oxygens (including phenoxy) is 1. The van der Waals surface area contributed by atoms with E-state index in [0.29, 0.717) is 22.2 Å². The molecule has 2 saturated heterocycles. The summed E-state index contributed by atoms with van der Waals surface area (Å²) in [6.07, 6.45) is 3.47. The number of benzene rings is 1. The molecule has 26 heavy (non-hydrogen) atoms. The van der Waals surface area contributed by atoms with E-state index < -0.39 is 11.1 Å². The van der Waals surface area contributed by atoms with Gasteiger partial charge in [0, 0.05) is 13.1 Å². The molecule has 2 fully saturated rings. The second-order valence-corrected chi connectivity index (χ2v) is 8.06. The minimum Gasteiger partial charge on any atom is -0.504 e. The number of carbonyl (C=O) groups is 3. The lowest BCUT2D eigenvalue weighted by Crippen LogP contribution is -2.40. The number of halogens is 1. The van der Waals surface area contributed by atoms with Gasteiger partial charge in [0.2, 0.25) is 5.91 Å². The van der Waals surface area contributed by atoms with Crippen LogP contribution in [0.1, 0.15) is 18.4 Å². The summed E-state index contributed by atoms with van der Waals surface area (Å²) in [5.74, 6) is -0.373. The average molecular weight is 488 g/mol. The molecule has 0 spiro atoms. The monoisotopic (exact) mass is 488 g/mol. The zero-order chi connectivity index (χ0) is 18.8. The van der Waals surface area contributed by atoms with Crippen LogP contribution in [0.3, 0.4) is 0 Å². The first kappa shape index (κ1) is 19.0. The van der Waals surface area contributed by atoms with E-state index >= 15 is 0 Å². The molecule has 0 aromatic heterocycles. The van der Waals surface area contributed by atoms with Gasteiger partial charge in [0.05, 0.1) is 15.6 Å². The molecule has 2 heterocycles. The number of aromatic hydroxyl groups is 1. The van der Waals surface area contributed by atoms with Gasteiger partial charge in [0.25, 0.3) is 11.1 Å². The zero-order valence-electron chi connectivity index (χ0n) is 14.0. The van der Waals surface area contributed by atoms with Gasteiger partial charge in [-0.3, -0.25) is 19.3 Å². The normalized spacial score (nSPS) is 18.9. The van der Waals surface area contributed by atoms with Crippen molar-refractivity contribution in [1.82, 2.24) is 9.80 Å². The van der Waals surface area contributed by atoms with E-state index in [9.17, 15) is 19.5 Å². The number of likely N-dealkylation sites (tertiary alicyclic amines) is 1. The first-order valence-electron chi connectivity index (χ1n) is 8.00. The zero-order valence-corrected chi connectivity index (χ0v) is 17.0. The number of imide groups is 1. The first-order chi connectivity index (χ1) is 12.4. The average Bonchev–Trinajstić information content (AvgIpc) is 3.23. The third-order valence-corrected chi connectivity index (χ3v) is 5.92. The number of carbonyl (C=O) groups excluding carboxylic acids is 3. The van der Waals surface area contributed by atoms with Crippen molar-refractivity contribution in [3.63, 3.8) is 0 Å². The Morgan fingerprint density at radius 3 is 2.69 bits per heavy atom. The lowest BCUT2D eigenvalue weighted by Gasteiger charge is -2.18. The molecule has 3 rings (SSSR count). The van der Waals surface area contributed by atoms with Crippen LogP contribution in [0.4, 0.5) is 4.79 Å². The summed E-state index contributed by atoms with van der Waals surface area (Å²) in [5.41, 5.74) is 0.625. The van der Waals surface area contributed by atoms with Gasteiger partial charge in [-0.1, -0.05) is 0 Å². The molecule has 0 aliphatic carbocycles. The maximum absolute atomic E-state index is 12.5. The number of thioether (sulfide) groups is 1. The number of nitrogens with zero attached hydrogens (tertiary/aromatic N) is 2. The maximum atomic E-state index is 12.5. The Labute approximate surface area is 168 Å². The summed E-state index contributed by atoms with van der Waals surface area (Å²) in [4.78, 5) is 39.8. The fourth-order valence-electron chi connectivity index (χ4n) is 2.82. The van der Waals surface area contributed by atoms with Crippen LogP contribution in [-0.2, 0) is 9.59 Å². The van der Waals surface area contributed by atoms with Crippen LogP contribution in [0.15, 0.2) is 17.0 Å². The van der Waals surface area contributed by atoms with E-state index in [1.54, 1.807) is 23.1 Å². The van der Waals surface area contributed by atoms with Gasteiger partial charge in [-0.25, -0.2) is 0 Å². The predicted octanol–water partition coefficient (Wildman–Crippen LogP) is 2.66. The summed E-state index contributed by atoms with van der Waals surface area (Å²) in [6.45, 7) is 1.13. The number of phenols is 1. The lowest BCUT2D eigenvalue weighted by atomic mass is 10.2. The number of hydrogen-bond donors (Lipinski definition) is 1. The second-order valence-electron chi connectivity index (χ2n) is 5.91. The Morgan fingerprint density at radius 1 is 1.35 bits per heavy atom. The minimum atomic E-state index is -0.477. The van der Waals surface area contributed by atoms with Crippen molar-refractivity contribution in [3.05, 3.63) is 26.2 Å². The fraction of sp³-hybridized carbons (Fsp3) is 0.353. The van der Waals surface area contributed by atoms with Crippen LogP contribution in [0.2, 0.25) is 0 Å². The maximum Gasteiger partial charge on any atom is 0.294 e. The van der Waals surface area contributed by atoms with Crippen LogP contribution >= 0.6 is 34.4 Å². The molecular formula is C17H17IN2O5S. The number of amides is 3. The molecule has 0 atom stereocenters. The van der Waals surface area contributed by atoms with Crippen LogP contribution in [-0.4, -0.2) is 58.7 Å². The summed E-state index contributed by atoms with van der Waals surface area (Å²) < 4.78 is 5.67. The number of hydrogen-bond acceptors (Lipinski definition) is 6. The highest BCUT2D eigenvalue weighted by molar-refractivity contribution is 14.1. The van der Waals surface area contributed by atoms with Crippen LogP contribution in [0.25, 0.3) is 6.08 Å². The summed E-state index contributed by atoms with van der Waals surface area (Å²) in [5, 5.41) is 9.44. The van der Waals surface area contributed by atoms with Gasteiger partial charge >= 0.3 is 0 Å². The van der Waals surface area contributed by atoms with Crippen molar-refractivity contribution in [2.24, 2.45) is 0 Å². The molecule has 1 aromatic rings. The molecule has 1 aromatic carbocycles. The molecule has 138 valence electrons. The topological polar surface area (TPSA) is 87.2 Å². The van der Waals surface area contributed by atoms with E-state index in [-0.39, 0.29) is 28.9 Å². The Hall–Kier alpha value is -1.75. The van der Waals surface area contributed by atoms with Crippen LogP contribution < -0.4 is 4.74 Å². The lowest BCUT2D eigenvalue weighted by molar-refractivity contribution is -0.135. The van der Waals surface area contributed by atoms with Gasteiger partial charge in [-0.15, -0.1) is 0 Å². The second kappa shape index (κ2) is 7.87. The Bertz CT molecular complexity index is 805. The molecule has 7 nitrogen and oxygen atoms in total. The van der Waals surface area contributed by atoms with Crippen LogP contribution in [0.5, 0.6) is 11.5 Å². The molecule has 2 aliphatic rings. The smallest absolute Gasteiger partial charge is 0.294 e. The minimum absolute atomic E-state index is 0.0227. The standard InChI is InChI=1S/C17H17IN2O5S/c1-25-12-7-10(6-11(18)15(12)22)8-13-16(23)20(17(24)26-13)9-14(21)19-4-2-3-5-19/h6-8,22H,2-5,9H2,1H3/b13-8-. The quantitative estimate of drug-likeness (QED) is 0.518. The molecule has 3 amide bonds. The molecule has 0 radical (unpaired) electrons. The molecule has 0 bridgehead atoms. The number of rotatable bonds is 4. The van der Waals surface area contributed by atoms with E-state index in [1.807, 2.05) is 22.6 Å². The third kappa shape index (κ3) is 3.83. The van der Waals surface area contributed by atoms with E-state index in [2.05, 4.69) is 0 Å². The summed E-state index contributed by atoms with van der Waals surface area (Å²) >= 11 is 2.76. The van der Waals surface area contributed by atoms with Crippen molar-refractivity contribution in [2.45, 2.75) is 12.8 Å². The van der Waals surface area contributed by atoms with E-state index in [0.717, 1.165) is 29.5 Å². The Balaban J connectivity index is 1.79. The van der Waals surface area contributed by atoms with Crippen molar-refractivity contribution >= 4 is 57.5 Å². The van der Waals surface area contributed by atoms with E-state index in [4.69, 9.17) is 4.74 Å². The van der Waals surface area contributed by atoms with Gasteiger partial charge < -0.3 is 14.7 Å². The third-order valence-electron chi connectivity index (χ3n) is 4.19. The van der Waals surface area contributed by atoms with Gasteiger partial charge in [-0.2, -0.15) is 0 Å². The molecule has 2 aliphatic heterocycles. The van der Waals surface area contributed by atoms with E-state index in [1.165, 1.54) is 7.11 Å². The van der Waals surface area contributed by atoms with Crippen molar-refractivity contribution in [2.75, 3.05) is 26.7 Å². The highest BCUT2D eigenvalue weighted by Gasteiger charge is 2.37. The molecule has 0 unspecified atom stereocenters. The Kier molecular flexibility index (Phi) is 5.76. The van der Waals surface area contributed by atoms with Crippen LogP contribution in [0, 0.1) is 3.57 Å². The summed E-state index contributed by atoms with van der Waals surface area (Å²) in [6, 6.07) is 3.27. The molecule has 9 heteroatoms. The Morgan fingerprint density at radius 2 is 2.04 bits per heavy atom. The highest BCUT2D eigenvalue weighted by atomic mass is 127. The fourth-order valence-corrected chi connectivity index (χ4v) is 4.29. The number of methoxy groups -OCH3 is 1. The van der Waals surface area contributed by atoms with Crippen molar-refractivity contribution in [1.29, 1.82) is 0 Å². The van der Waals surface area contributed by atoms with Gasteiger partial charge in [-0.05, 0) is 71.0 Å². The first-order valence-corrected chi connectivity index (χ1v) is 9.90. The predicted molar refractivity (Wildman–Crippen MR) is 106 cm³/mol. The van der Waals surface area contributed by atoms with Crippen molar-refractivity contribution in [3.8, 4) is 11.5 Å². The molecular weight excluding hydrogens is 471 g/mol. The number of phenolic OH excluding ortho intramolecular Hbond substituents is 1. The van der Waals surface area contributed by atoms with Crippen molar-refractivity contribution < 1.29 is 24.2 Å². The largest absolute Gasteiger partial charge is 0.504 e.